The molecule has 4 amide bonds. The molecule has 1 aromatic carbocycles. The first-order valence-corrected chi connectivity index (χ1v) is 9.57. The highest BCUT2D eigenvalue weighted by atomic mass is 32.1. The topological polar surface area (TPSA) is 103 Å². The number of carbonyl (C=O) groups excluding carboxylic acids is 3. The zero-order chi connectivity index (χ0) is 19.2. The maximum absolute atomic E-state index is 11.9. The highest BCUT2D eigenvalue weighted by Crippen LogP contribution is 2.27. The van der Waals surface area contributed by atoms with Crippen LogP contribution in [0.3, 0.4) is 0 Å². The van der Waals surface area contributed by atoms with Crippen molar-refractivity contribution in [3.8, 4) is 0 Å². The molecule has 1 aliphatic heterocycles. The van der Waals surface area contributed by atoms with Crippen LogP contribution in [0.2, 0.25) is 0 Å². The molecule has 0 radical (unpaired) electrons. The molecule has 142 valence electrons. The predicted molar refractivity (Wildman–Crippen MR) is 105 cm³/mol. The molecular formula is C18H21N5O3S. The molecule has 0 saturated carbocycles. The van der Waals surface area contributed by atoms with Gasteiger partial charge in [-0.15, -0.1) is 11.3 Å². The van der Waals surface area contributed by atoms with Crippen molar-refractivity contribution in [2.45, 2.75) is 32.2 Å². The van der Waals surface area contributed by atoms with E-state index in [1.807, 2.05) is 19.1 Å². The molecule has 0 spiro atoms. The molecule has 2 aromatic rings. The molecule has 0 unspecified atom stereocenters. The van der Waals surface area contributed by atoms with Gasteiger partial charge in [0, 0.05) is 48.4 Å². The van der Waals surface area contributed by atoms with Crippen LogP contribution < -0.4 is 20.9 Å². The van der Waals surface area contributed by atoms with Crippen molar-refractivity contribution < 1.29 is 14.4 Å². The van der Waals surface area contributed by atoms with Gasteiger partial charge in [0.1, 0.15) is 0 Å². The number of hydrogen-bond donors (Lipinski definition) is 3. The summed E-state index contributed by atoms with van der Waals surface area (Å²) in [6.45, 7) is 2.23. The Morgan fingerprint density at radius 2 is 2.04 bits per heavy atom. The highest BCUT2D eigenvalue weighted by Gasteiger charge is 2.28. The lowest BCUT2D eigenvalue weighted by atomic mass is 10.2. The van der Waals surface area contributed by atoms with Gasteiger partial charge in [-0.25, -0.2) is 9.78 Å². The van der Waals surface area contributed by atoms with Gasteiger partial charge < -0.3 is 20.9 Å². The summed E-state index contributed by atoms with van der Waals surface area (Å²) in [5, 5.41) is 10.3. The van der Waals surface area contributed by atoms with Gasteiger partial charge in [0.05, 0.1) is 0 Å². The van der Waals surface area contributed by atoms with E-state index in [4.69, 9.17) is 0 Å². The van der Waals surface area contributed by atoms with Crippen molar-refractivity contribution in [3.63, 3.8) is 0 Å². The van der Waals surface area contributed by atoms with Crippen LogP contribution in [0.15, 0.2) is 35.8 Å². The summed E-state index contributed by atoms with van der Waals surface area (Å²) < 4.78 is 0. The van der Waals surface area contributed by atoms with Crippen molar-refractivity contribution >= 4 is 45.7 Å². The van der Waals surface area contributed by atoms with E-state index < -0.39 is 6.03 Å². The summed E-state index contributed by atoms with van der Waals surface area (Å²) in [7, 11) is 0. The van der Waals surface area contributed by atoms with Gasteiger partial charge in [-0.2, -0.15) is 0 Å². The fourth-order valence-electron chi connectivity index (χ4n) is 2.86. The number of amides is 4. The fraction of sp³-hybridized carbons (Fsp3) is 0.333. The van der Waals surface area contributed by atoms with Crippen LogP contribution in [0.25, 0.3) is 0 Å². The van der Waals surface area contributed by atoms with Crippen molar-refractivity contribution in [3.05, 3.63) is 35.8 Å². The molecule has 1 saturated heterocycles. The number of aromatic nitrogens is 1. The summed E-state index contributed by atoms with van der Waals surface area (Å²) in [5.74, 6) is -0.0871. The molecule has 1 fully saturated rings. The van der Waals surface area contributed by atoms with Crippen LogP contribution in [0.4, 0.5) is 21.3 Å². The zero-order valence-corrected chi connectivity index (χ0v) is 15.7. The monoisotopic (exact) mass is 387 g/mol. The third-order valence-electron chi connectivity index (χ3n) is 4.21. The van der Waals surface area contributed by atoms with Crippen LogP contribution in [0, 0.1) is 0 Å². The lowest BCUT2D eigenvalue weighted by Crippen LogP contribution is -2.32. The number of nitrogens with zero attached hydrogens (tertiary/aromatic N) is 2. The molecule has 3 N–H and O–H groups in total. The van der Waals surface area contributed by atoms with Crippen molar-refractivity contribution in [2.75, 3.05) is 22.1 Å². The Morgan fingerprint density at radius 3 is 2.67 bits per heavy atom. The molecule has 0 aliphatic carbocycles. The molecule has 0 bridgehead atoms. The number of anilines is 3. The number of thiazole rings is 1. The van der Waals surface area contributed by atoms with Gasteiger partial charge in [-0.05, 0) is 37.6 Å². The molecule has 1 aromatic heterocycles. The van der Waals surface area contributed by atoms with Gasteiger partial charge in [-0.3, -0.25) is 9.59 Å². The molecular weight excluding hydrogens is 366 g/mol. The Kier molecular flexibility index (Phi) is 6.02. The molecule has 3 rings (SSSR count). The minimum atomic E-state index is -0.393. The van der Waals surface area contributed by atoms with Crippen molar-refractivity contribution in [2.24, 2.45) is 0 Å². The second-order valence-electron chi connectivity index (χ2n) is 6.21. The highest BCUT2D eigenvalue weighted by molar-refractivity contribution is 7.13. The average Bonchev–Trinajstić information content (AvgIpc) is 3.26. The van der Waals surface area contributed by atoms with Crippen molar-refractivity contribution in [1.82, 2.24) is 10.3 Å². The number of benzene rings is 1. The summed E-state index contributed by atoms with van der Waals surface area (Å²) >= 11 is 1.34. The fourth-order valence-corrected chi connectivity index (χ4v) is 3.41. The first-order valence-electron chi connectivity index (χ1n) is 8.69. The summed E-state index contributed by atoms with van der Waals surface area (Å²) in [6.07, 6.45) is 3.19. The van der Waals surface area contributed by atoms with Gasteiger partial charge in [0.15, 0.2) is 5.13 Å². The van der Waals surface area contributed by atoms with Gasteiger partial charge in [-0.1, -0.05) is 0 Å². The predicted octanol–water partition coefficient (Wildman–Crippen LogP) is 2.81. The molecule has 1 aliphatic rings. The third kappa shape index (κ3) is 5.04. The smallest absolute Gasteiger partial charge is 0.319 e. The number of hydrogen-bond acceptors (Lipinski definition) is 5. The third-order valence-corrected chi connectivity index (χ3v) is 4.89. The van der Waals surface area contributed by atoms with E-state index in [1.54, 1.807) is 28.6 Å². The first kappa shape index (κ1) is 18.8. The second kappa shape index (κ2) is 8.63. The summed E-state index contributed by atoms with van der Waals surface area (Å²) in [6, 6.07) is 6.93. The minimum Gasteiger partial charge on any atom is -0.337 e. The number of carbonyl (C=O) groups is 3. The Bertz CT molecular complexity index is 807. The van der Waals surface area contributed by atoms with E-state index in [9.17, 15) is 14.4 Å². The largest absolute Gasteiger partial charge is 0.337 e. The molecule has 1 atom stereocenters. The SMILES string of the molecule is C[C@H]1CCC(=O)N1c1ccc(NC(=O)NCCC(=O)Nc2nccs2)cc1. The first-order chi connectivity index (χ1) is 13.0. The Hall–Kier alpha value is -2.94. The standard InChI is InChI=1S/C18H21N5O3S/c1-12-2-7-16(25)23(12)14-5-3-13(4-6-14)21-17(26)19-9-8-15(24)22-18-20-10-11-27-18/h3-6,10-12H,2,7-9H2,1H3,(H2,19,21,26)(H,20,22,24)/t12-/m0/s1. The van der Waals surface area contributed by atoms with Crippen LogP contribution >= 0.6 is 11.3 Å². The lowest BCUT2D eigenvalue weighted by molar-refractivity contribution is -0.117. The minimum absolute atomic E-state index is 0.122. The number of rotatable bonds is 6. The normalized spacial score (nSPS) is 16.3. The van der Waals surface area contributed by atoms with Crippen LogP contribution in [0.1, 0.15) is 26.2 Å². The van der Waals surface area contributed by atoms with Crippen LogP contribution in [-0.4, -0.2) is 35.4 Å². The van der Waals surface area contributed by atoms with E-state index in [0.29, 0.717) is 17.2 Å². The second-order valence-corrected chi connectivity index (χ2v) is 7.11. The van der Waals surface area contributed by atoms with Gasteiger partial charge >= 0.3 is 6.03 Å². The molecule has 2 heterocycles. The van der Waals surface area contributed by atoms with Gasteiger partial charge in [0.25, 0.3) is 0 Å². The Labute approximate surface area is 161 Å². The zero-order valence-electron chi connectivity index (χ0n) is 14.9. The Morgan fingerprint density at radius 1 is 1.26 bits per heavy atom. The van der Waals surface area contributed by atoms with E-state index in [2.05, 4.69) is 20.9 Å². The molecule has 27 heavy (non-hydrogen) atoms. The summed E-state index contributed by atoms with van der Waals surface area (Å²) in [4.78, 5) is 41.3. The Balaban J connectivity index is 1.42. The number of nitrogens with one attached hydrogen (secondary N) is 3. The quantitative estimate of drug-likeness (QED) is 0.709. The van der Waals surface area contributed by atoms with E-state index in [-0.39, 0.29) is 30.8 Å². The lowest BCUT2D eigenvalue weighted by Gasteiger charge is -2.22. The van der Waals surface area contributed by atoms with E-state index in [0.717, 1.165) is 12.1 Å². The van der Waals surface area contributed by atoms with Crippen molar-refractivity contribution in [1.29, 1.82) is 0 Å². The molecule has 8 nitrogen and oxygen atoms in total. The number of urea groups is 1. The van der Waals surface area contributed by atoms with Crippen LogP contribution in [-0.2, 0) is 9.59 Å². The van der Waals surface area contributed by atoms with Gasteiger partial charge in [0.2, 0.25) is 11.8 Å². The van der Waals surface area contributed by atoms with E-state index >= 15 is 0 Å². The summed E-state index contributed by atoms with van der Waals surface area (Å²) in [5.41, 5.74) is 1.44. The maximum Gasteiger partial charge on any atom is 0.319 e. The average molecular weight is 387 g/mol. The van der Waals surface area contributed by atoms with Crippen LogP contribution in [0.5, 0.6) is 0 Å². The van der Waals surface area contributed by atoms with E-state index in [1.165, 1.54) is 11.3 Å². The molecule has 9 heteroatoms. The maximum atomic E-state index is 11.9.